The van der Waals surface area contributed by atoms with Gasteiger partial charge in [-0.15, -0.1) is 0 Å². The van der Waals surface area contributed by atoms with Gasteiger partial charge >= 0.3 is 0 Å². The summed E-state index contributed by atoms with van der Waals surface area (Å²) in [7, 11) is 0. The number of rotatable bonds is 5. The molecule has 0 radical (unpaired) electrons. The van der Waals surface area contributed by atoms with Crippen molar-refractivity contribution in [2.45, 2.75) is 52.5 Å². The Morgan fingerprint density at radius 2 is 2.24 bits per heavy atom. The van der Waals surface area contributed by atoms with Crippen molar-refractivity contribution in [3.8, 4) is 0 Å². The van der Waals surface area contributed by atoms with Gasteiger partial charge in [0.2, 0.25) is 5.89 Å². The molecule has 1 unspecified atom stereocenters. The summed E-state index contributed by atoms with van der Waals surface area (Å²) < 4.78 is 11.1. The number of likely N-dealkylation sites (tertiary alicyclic amines) is 1. The highest BCUT2D eigenvalue weighted by molar-refractivity contribution is 4.94. The van der Waals surface area contributed by atoms with Crippen molar-refractivity contribution in [1.29, 1.82) is 0 Å². The molecule has 2 saturated heterocycles. The molecule has 5 nitrogen and oxygen atoms in total. The van der Waals surface area contributed by atoms with Crippen LogP contribution in [-0.2, 0) is 17.7 Å². The summed E-state index contributed by atoms with van der Waals surface area (Å²) in [5.74, 6) is 2.30. The summed E-state index contributed by atoms with van der Waals surface area (Å²) in [5, 5.41) is 4.10. The number of hydrogen-bond acceptors (Lipinski definition) is 5. The molecule has 0 saturated carbocycles. The number of aromatic nitrogens is 2. The lowest BCUT2D eigenvalue weighted by molar-refractivity contribution is -0.00288. The molecule has 5 heteroatoms. The molecule has 21 heavy (non-hydrogen) atoms. The molecule has 1 spiro atoms. The molecular formula is C16H27N3O2. The van der Waals surface area contributed by atoms with Gasteiger partial charge in [0.1, 0.15) is 0 Å². The van der Waals surface area contributed by atoms with Gasteiger partial charge in [-0.3, -0.25) is 4.90 Å². The number of nitrogens with zero attached hydrogens (tertiary/aromatic N) is 3. The molecule has 0 bridgehead atoms. The second kappa shape index (κ2) is 6.44. The van der Waals surface area contributed by atoms with Crippen LogP contribution in [-0.4, -0.2) is 41.3 Å². The van der Waals surface area contributed by atoms with Gasteiger partial charge < -0.3 is 9.26 Å². The predicted molar refractivity (Wildman–Crippen MR) is 79.8 cm³/mol. The Labute approximate surface area is 127 Å². The van der Waals surface area contributed by atoms with E-state index in [2.05, 4.69) is 28.9 Å². The van der Waals surface area contributed by atoms with Crippen LogP contribution < -0.4 is 0 Å². The summed E-state index contributed by atoms with van der Waals surface area (Å²) >= 11 is 0. The van der Waals surface area contributed by atoms with Crippen molar-refractivity contribution in [2.75, 3.05) is 26.3 Å². The van der Waals surface area contributed by atoms with Crippen LogP contribution in [0, 0.1) is 11.3 Å². The third-order valence-electron chi connectivity index (χ3n) is 4.74. The van der Waals surface area contributed by atoms with Gasteiger partial charge in [0.15, 0.2) is 5.82 Å². The second-order valence-electron chi connectivity index (χ2n) is 7.15. The Hall–Kier alpha value is -0.940. The molecule has 1 aromatic rings. The Bertz CT molecular complexity index is 452. The van der Waals surface area contributed by atoms with Gasteiger partial charge in [-0.25, -0.2) is 0 Å². The summed E-state index contributed by atoms with van der Waals surface area (Å²) in [4.78, 5) is 6.97. The van der Waals surface area contributed by atoms with Crippen LogP contribution in [0.25, 0.3) is 0 Å². The molecule has 118 valence electrons. The molecule has 2 fully saturated rings. The Balaban J connectivity index is 1.51. The van der Waals surface area contributed by atoms with E-state index in [0.717, 1.165) is 57.4 Å². The Morgan fingerprint density at radius 1 is 1.33 bits per heavy atom. The standard InChI is InChI=1S/C16H27N3O2/c1-13(2)4-5-14-17-15(21-18-14)10-19-8-7-16(11-19)6-3-9-20-12-16/h13H,3-12H2,1-2H3. The average Bonchev–Trinajstić information content (AvgIpc) is 3.06. The fourth-order valence-corrected chi connectivity index (χ4v) is 3.46. The normalized spacial score (nSPS) is 27.0. The van der Waals surface area contributed by atoms with Crippen molar-refractivity contribution < 1.29 is 9.26 Å². The lowest BCUT2D eigenvalue weighted by Crippen LogP contribution is -2.34. The Morgan fingerprint density at radius 3 is 3.00 bits per heavy atom. The molecule has 0 aromatic carbocycles. The van der Waals surface area contributed by atoms with Gasteiger partial charge in [0.05, 0.1) is 13.2 Å². The topological polar surface area (TPSA) is 51.4 Å². The van der Waals surface area contributed by atoms with Crippen LogP contribution in [0.2, 0.25) is 0 Å². The van der Waals surface area contributed by atoms with E-state index >= 15 is 0 Å². The van der Waals surface area contributed by atoms with Crippen LogP contribution in [0.4, 0.5) is 0 Å². The van der Waals surface area contributed by atoms with E-state index in [0.29, 0.717) is 11.3 Å². The predicted octanol–water partition coefficient (Wildman–Crippen LogP) is 2.66. The molecule has 3 rings (SSSR count). The molecule has 2 aliphatic rings. The zero-order valence-corrected chi connectivity index (χ0v) is 13.3. The quantitative estimate of drug-likeness (QED) is 0.835. The summed E-state index contributed by atoms with van der Waals surface area (Å²) in [6.07, 6.45) is 5.77. The fourth-order valence-electron chi connectivity index (χ4n) is 3.46. The number of aryl methyl sites for hydroxylation is 1. The lowest BCUT2D eigenvalue weighted by Gasteiger charge is -2.33. The SMILES string of the molecule is CC(C)CCc1noc(CN2CCC3(CCCOC3)C2)n1. The molecule has 0 aliphatic carbocycles. The molecule has 1 atom stereocenters. The minimum atomic E-state index is 0.388. The van der Waals surface area contributed by atoms with Gasteiger partial charge in [-0.2, -0.15) is 4.98 Å². The van der Waals surface area contributed by atoms with Crippen molar-refractivity contribution in [3.05, 3.63) is 11.7 Å². The van der Waals surface area contributed by atoms with Crippen molar-refractivity contribution in [2.24, 2.45) is 11.3 Å². The zero-order valence-electron chi connectivity index (χ0n) is 13.3. The molecule has 0 amide bonds. The largest absolute Gasteiger partial charge is 0.381 e. The third-order valence-corrected chi connectivity index (χ3v) is 4.74. The second-order valence-corrected chi connectivity index (χ2v) is 7.15. The van der Waals surface area contributed by atoms with Crippen LogP contribution >= 0.6 is 0 Å². The lowest BCUT2D eigenvalue weighted by atomic mass is 9.82. The highest BCUT2D eigenvalue weighted by Crippen LogP contribution is 2.38. The maximum absolute atomic E-state index is 5.69. The molecule has 0 N–H and O–H groups in total. The van der Waals surface area contributed by atoms with Gasteiger partial charge in [0, 0.05) is 25.0 Å². The van der Waals surface area contributed by atoms with Gasteiger partial charge in [-0.1, -0.05) is 19.0 Å². The van der Waals surface area contributed by atoms with E-state index in [1.54, 1.807) is 0 Å². The first-order chi connectivity index (χ1) is 10.2. The van der Waals surface area contributed by atoms with Crippen molar-refractivity contribution in [3.63, 3.8) is 0 Å². The first-order valence-electron chi connectivity index (χ1n) is 8.27. The smallest absolute Gasteiger partial charge is 0.240 e. The van der Waals surface area contributed by atoms with Crippen molar-refractivity contribution >= 4 is 0 Å². The average molecular weight is 293 g/mol. The van der Waals surface area contributed by atoms with E-state index in [1.165, 1.54) is 19.3 Å². The van der Waals surface area contributed by atoms with Gasteiger partial charge in [-0.05, 0) is 38.1 Å². The number of ether oxygens (including phenoxy) is 1. The summed E-state index contributed by atoms with van der Waals surface area (Å²) in [6, 6.07) is 0. The third kappa shape index (κ3) is 3.83. The van der Waals surface area contributed by atoms with E-state index in [4.69, 9.17) is 9.26 Å². The fraction of sp³-hybridized carbons (Fsp3) is 0.875. The monoisotopic (exact) mass is 293 g/mol. The van der Waals surface area contributed by atoms with E-state index in [1.807, 2.05) is 0 Å². The molecule has 2 aliphatic heterocycles. The van der Waals surface area contributed by atoms with Crippen molar-refractivity contribution in [1.82, 2.24) is 15.0 Å². The number of hydrogen-bond donors (Lipinski definition) is 0. The molecule has 3 heterocycles. The highest BCUT2D eigenvalue weighted by Gasteiger charge is 2.39. The minimum Gasteiger partial charge on any atom is -0.381 e. The van der Waals surface area contributed by atoms with E-state index in [9.17, 15) is 0 Å². The first-order valence-corrected chi connectivity index (χ1v) is 8.27. The maximum Gasteiger partial charge on any atom is 0.240 e. The van der Waals surface area contributed by atoms with E-state index in [-0.39, 0.29) is 0 Å². The van der Waals surface area contributed by atoms with Crippen LogP contribution in [0.3, 0.4) is 0 Å². The highest BCUT2D eigenvalue weighted by atomic mass is 16.5. The molecule has 1 aromatic heterocycles. The minimum absolute atomic E-state index is 0.388. The maximum atomic E-state index is 5.69. The summed E-state index contributed by atoms with van der Waals surface area (Å²) in [6.45, 7) is 9.31. The van der Waals surface area contributed by atoms with Crippen LogP contribution in [0.15, 0.2) is 4.52 Å². The molecular weight excluding hydrogens is 266 g/mol. The zero-order chi connectivity index (χ0) is 14.7. The first kappa shape index (κ1) is 15.0. The summed E-state index contributed by atoms with van der Waals surface area (Å²) in [5.41, 5.74) is 0.388. The van der Waals surface area contributed by atoms with E-state index < -0.39 is 0 Å². The van der Waals surface area contributed by atoms with Crippen LogP contribution in [0.1, 0.15) is 51.2 Å². The Kier molecular flexibility index (Phi) is 4.60. The van der Waals surface area contributed by atoms with Crippen LogP contribution in [0.5, 0.6) is 0 Å². The van der Waals surface area contributed by atoms with Gasteiger partial charge in [0.25, 0.3) is 0 Å².